The summed E-state index contributed by atoms with van der Waals surface area (Å²) in [6.45, 7) is 1.39. The molecule has 0 aromatic rings. The van der Waals surface area contributed by atoms with Crippen LogP contribution < -0.4 is 0 Å². The Morgan fingerprint density at radius 3 is 2.48 bits per heavy atom. The predicted octanol–water partition coefficient (Wildman–Crippen LogP) is 4.21. The van der Waals surface area contributed by atoms with Crippen molar-refractivity contribution in [3.63, 3.8) is 0 Å². The van der Waals surface area contributed by atoms with Gasteiger partial charge in [-0.3, -0.25) is 4.79 Å². The van der Waals surface area contributed by atoms with Gasteiger partial charge < -0.3 is 19.7 Å². The van der Waals surface area contributed by atoms with Gasteiger partial charge in [0.25, 0.3) is 0 Å². The van der Waals surface area contributed by atoms with Gasteiger partial charge in [0.1, 0.15) is 0 Å². The second-order valence-electron chi connectivity index (χ2n) is 7.98. The molecule has 0 amide bonds. The van der Waals surface area contributed by atoms with E-state index in [0.29, 0.717) is 26.1 Å². The molecule has 0 aromatic heterocycles. The molecule has 2 fully saturated rings. The second-order valence-corrected chi connectivity index (χ2v) is 7.98. The molecule has 1 saturated heterocycles. The highest BCUT2D eigenvalue weighted by atomic mass is 16.7. The van der Waals surface area contributed by atoms with Gasteiger partial charge in [0, 0.05) is 31.3 Å². The van der Waals surface area contributed by atoms with Crippen molar-refractivity contribution in [3.05, 3.63) is 24.3 Å². The average molecular weight is 406 g/mol. The standard InChI is InChI=1S/C23H35NO5/c24-18-19-17-23(28-15-16-29-23)21(12-8-4-5-9-13-22(26)27)20(19)11-7-3-1-2-6-10-14-25/h4,7-8,11,19-21,25H,1-3,5-6,9-10,12-17H2,(H,26,27)/t19-,20?,21?/m0/s1. The fourth-order valence-corrected chi connectivity index (χ4v) is 4.42. The zero-order valence-electron chi connectivity index (χ0n) is 17.3. The van der Waals surface area contributed by atoms with Crippen molar-refractivity contribution in [2.45, 2.75) is 70.0 Å². The van der Waals surface area contributed by atoms with Crippen molar-refractivity contribution in [2.75, 3.05) is 19.8 Å². The Labute approximate surface area is 174 Å². The third-order valence-electron chi connectivity index (χ3n) is 5.90. The minimum atomic E-state index is -0.765. The van der Waals surface area contributed by atoms with Crippen LogP contribution in [0, 0.1) is 29.1 Å². The molecule has 1 aliphatic heterocycles. The maximum Gasteiger partial charge on any atom is 0.303 e. The molecule has 0 aromatic carbocycles. The third-order valence-corrected chi connectivity index (χ3v) is 5.90. The summed E-state index contributed by atoms with van der Waals surface area (Å²) in [5, 5.41) is 27.3. The zero-order chi connectivity index (χ0) is 21.0. The maximum atomic E-state index is 10.6. The Bertz CT molecular complexity index is 589. The Kier molecular flexibility index (Phi) is 10.4. The van der Waals surface area contributed by atoms with Crippen molar-refractivity contribution in [1.29, 1.82) is 5.26 Å². The summed E-state index contributed by atoms with van der Waals surface area (Å²) < 4.78 is 12.0. The molecule has 2 aliphatic rings. The van der Waals surface area contributed by atoms with Crippen molar-refractivity contribution in [3.8, 4) is 6.07 Å². The molecule has 2 N–H and O–H groups in total. The third kappa shape index (κ3) is 7.26. The van der Waals surface area contributed by atoms with Crippen LogP contribution in [0.15, 0.2) is 24.3 Å². The number of carboxylic acids is 1. The van der Waals surface area contributed by atoms with Crippen LogP contribution in [0.4, 0.5) is 0 Å². The van der Waals surface area contributed by atoms with Crippen molar-refractivity contribution < 1.29 is 24.5 Å². The normalized spacial score (nSPS) is 26.0. The first-order valence-electron chi connectivity index (χ1n) is 10.9. The number of nitrogens with zero attached hydrogens (tertiary/aromatic N) is 1. The van der Waals surface area contributed by atoms with E-state index in [1.165, 1.54) is 0 Å². The van der Waals surface area contributed by atoms with E-state index < -0.39 is 11.8 Å². The summed E-state index contributed by atoms with van der Waals surface area (Å²) in [6, 6.07) is 2.46. The van der Waals surface area contributed by atoms with E-state index in [2.05, 4.69) is 24.3 Å². The van der Waals surface area contributed by atoms with Gasteiger partial charge in [-0.05, 0) is 38.5 Å². The number of aliphatic hydroxyl groups is 1. The lowest BCUT2D eigenvalue weighted by Crippen LogP contribution is -2.36. The fourth-order valence-electron chi connectivity index (χ4n) is 4.42. The van der Waals surface area contributed by atoms with Gasteiger partial charge in [-0.2, -0.15) is 5.26 Å². The summed E-state index contributed by atoms with van der Waals surface area (Å²) in [6.07, 6.45) is 16.5. The lowest BCUT2D eigenvalue weighted by atomic mass is 9.85. The van der Waals surface area contributed by atoms with Crippen LogP contribution in [0.3, 0.4) is 0 Å². The number of ether oxygens (including phenoxy) is 2. The number of rotatable bonds is 13. The van der Waals surface area contributed by atoms with E-state index in [-0.39, 0.29) is 30.8 Å². The van der Waals surface area contributed by atoms with E-state index in [4.69, 9.17) is 19.7 Å². The molecule has 6 nitrogen and oxygen atoms in total. The quantitative estimate of drug-likeness (QED) is 0.352. The number of hydrogen-bond donors (Lipinski definition) is 2. The van der Waals surface area contributed by atoms with Gasteiger partial charge >= 0.3 is 5.97 Å². The Morgan fingerprint density at radius 1 is 1.07 bits per heavy atom. The number of allylic oxidation sites excluding steroid dienone is 4. The first kappa shape index (κ1) is 23.6. The van der Waals surface area contributed by atoms with Gasteiger partial charge in [0.15, 0.2) is 5.79 Å². The summed E-state index contributed by atoms with van der Waals surface area (Å²) >= 11 is 0. The lowest BCUT2D eigenvalue weighted by molar-refractivity contribution is -0.184. The SMILES string of the molecule is N#C[C@@H]1CC2(OCCO2)C(CC=CCCCC(=O)O)C1C=CCCCCCCO. The number of hydrogen-bond acceptors (Lipinski definition) is 5. The highest BCUT2D eigenvalue weighted by Crippen LogP contribution is 2.51. The number of carboxylic acid groups (broad SMARTS) is 1. The first-order chi connectivity index (χ1) is 14.1. The molecule has 1 spiro atoms. The Morgan fingerprint density at radius 2 is 1.79 bits per heavy atom. The predicted molar refractivity (Wildman–Crippen MR) is 110 cm³/mol. The first-order valence-corrected chi connectivity index (χ1v) is 10.9. The molecule has 0 radical (unpaired) electrons. The number of unbranched alkanes of at least 4 members (excludes halogenated alkanes) is 5. The van der Waals surface area contributed by atoms with Crippen LogP contribution in [0.2, 0.25) is 0 Å². The molecular weight excluding hydrogens is 370 g/mol. The maximum absolute atomic E-state index is 10.6. The van der Waals surface area contributed by atoms with Gasteiger partial charge in [0.05, 0.1) is 25.2 Å². The van der Waals surface area contributed by atoms with Crippen molar-refractivity contribution >= 4 is 5.97 Å². The van der Waals surface area contributed by atoms with Crippen LogP contribution in [0.1, 0.15) is 64.2 Å². The van der Waals surface area contributed by atoms with Crippen molar-refractivity contribution in [1.82, 2.24) is 0 Å². The van der Waals surface area contributed by atoms with E-state index in [1.54, 1.807) is 0 Å². The van der Waals surface area contributed by atoms with Crippen LogP contribution in [0.25, 0.3) is 0 Å². The molecule has 162 valence electrons. The Hall–Kier alpha value is -1.68. The molecule has 2 unspecified atom stereocenters. The molecule has 29 heavy (non-hydrogen) atoms. The van der Waals surface area contributed by atoms with E-state index in [0.717, 1.165) is 44.9 Å². The number of aliphatic carboxylic acids is 1. The highest BCUT2D eigenvalue weighted by Gasteiger charge is 2.56. The molecule has 0 bridgehead atoms. The summed E-state index contributed by atoms with van der Waals surface area (Å²) in [4.78, 5) is 10.6. The topological polar surface area (TPSA) is 99.8 Å². The van der Waals surface area contributed by atoms with E-state index in [1.807, 2.05) is 6.08 Å². The van der Waals surface area contributed by atoms with Crippen LogP contribution in [0.5, 0.6) is 0 Å². The van der Waals surface area contributed by atoms with E-state index >= 15 is 0 Å². The Balaban J connectivity index is 1.94. The summed E-state index contributed by atoms with van der Waals surface area (Å²) in [5.74, 6) is -1.36. The molecule has 6 heteroatoms. The highest BCUT2D eigenvalue weighted by molar-refractivity contribution is 5.66. The molecule has 1 heterocycles. The fraction of sp³-hybridized carbons (Fsp3) is 0.739. The summed E-state index contributed by atoms with van der Waals surface area (Å²) in [5.41, 5.74) is 0. The van der Waals surface area contributed by atoms with Gasteiger partial charge in [0.2, 0.25) is 0 Å². The van der Waals surface area contributed by atoms with Crippen LogP contribution >= 0.6 is 0 Å². The number of carbonyl (C=O) groups is 1. The van der Waals surface area contributed by atoms with E-state index in [9.17, 15) is 10.1 Å². The minimum absolute atomic E-state index is 0.0935. The van der Waals surface area contributed by atoms with Crippen LogP contribution in [-0.4, -0.2) is 41.8 Å². The largest absolute Gasteiger partial charge is 0.481 e. The van der Waals surface area contributed by atoms with Crippen molar-refractivity contribution in [2.24, 2.45) is 17.8 Å². The van der Waals surface area contributed by atoms with Gasteiger partial charge in [-0.25, -0.2) is 0 Å². The molecule has 2 rings (SSSR count). The number of aliphatic hydroxyl groups excluding tert-OH is 1. The zero-order valence-corrected chi connectivity index (χ0v) is 17.3. The lowest BCUT2D eigenvalue weighted by Gasteiger charge is -2.30. The second kappa shape index (κ2) is 12.8. The van der Waals surface area contributed by atoms with Crippen LogP contribution in [-0.2, 0) is 14.3 Å². The smallest absolute Gasteiger partial charge is 0.303 e. The van der Waals surface area contributed by atoms with Gasteiger partial charge in [-0.15, -0.1) is 0 Å². The summed E-state index contributed by atoms with van der Waals surface area (Å²) in [7, 11) is 0. The average Bonchev–Trinajstić information content (AvgIpc) is 3.29. The number of nitriles is 1. The minimum Gasteiger partial charge on any atom is -0.481 e. The molecular formula is C23H35NO5. The molecule has 1 aliphatic carbocycles. The molecule has 1 saturated carbocycles. The monoisotopic (exact) mass is 405 g/mol. The van der Waals surface area contributed by atoms with Gasteiger partial charge in [-0.1, -0.05) is 37.1 Å². The molecule has 3 atom stereocenters.